The summed E-state index contributed by atoms with van der Waals surface area (Å²) in [6, 6.07) is 7.67. The Labute approximate surface area is 173 Å². The minimum absolute atomic E-state index is 0.0235. The third-order valence-corrected chi connectivity index (χ3v) is 6.00. The fourth-order valence-corrected chi connectivity index (χ4v) is 4.28. The molecule has 2 aliphatic heterocycles. The molecule has 1 unspecified atom stereocenters. The lowest BCUT2D eigenvalue weighted by Gasteiger charge is -2.35. The highest BCUT2D eigenvalue weighted by Crippen LogP contribution is 2.28. The van der Waals surface area contributed by atoms with Crippen molar-refractivity contribution in [3.05, 3.63) is 47.5 Å². The van der Waals surface area contributed by atoms with Gasteiger partial charge in [-0.1, -0.05) is 22.0 Å². The van der Waals surface area contributed by atoms with E-state index in [1.54, 1.807) is 11.1 Å². The summed E-state index contributed by atoms with van der Waals surface area (Å²) in [4.78, 5) is 35.5. The minimum Gasteiger partial charge on any atom is -0.340 e. The molecular formula is C20H24BrN5O2. The lowest BCUT2D eigenvalue weighted by molar-refractivity contribution is -0.137. The van der Waals surface area contributed by atoms with Gasteiger partial charge in [-0.25, -0.2) is 4.98 Å². The number of carbonyl (C=O) groups is 2. The summed E-state index contributed by atoms with van der Waals surface area (Å²) in [5.74, 6) is -0.112. The Morgan fingerprint density at radius 1 is 1.18 bits per heavy atom. The number of amides is 2. The Morgan fingerprint density at radius 3 is 2.71 bits per heavy atom. The molecule has 2 aromatic rings. The van der Waals surface area contributed by atoms with E-state index in [0.29, 0.717) is 13.0 Å². The predicted molar refractivity (Wildman–Crippen MR) is 110 cm³/mol. The number of piperazine rings is 1. The highest BCUT2D eigenvalue weighted by atomic mass is 79.9. The van der Waals surface area contributed by atoms with Crippen LogP contribution in [0.3, 0.4) is 0 Å². The molecule has 0 spiro atoms. The van der Waals surface area contributed by atoms with Crippen LogP contribution in [0.1, 0.15) is 6.42 Å². The van der Waals surface area contributed by atoms with E-state index in [4.69, 9.17) is 0 Å². The molecular weight excluding hydrogens is 422 g/mol. The molecule has 7 nitrogen and oxygen atoms in total. The van der Waals surface area contributed by atoms with Gasteiger partial charge < -0.3 is 14.4 Å². The number of benzene rings is 1. The van der Waals surface area contributed by atoms with Crippen LogP contribution in [0.15, 0.2) is 47.5 Å². The van der Waals surface area contributed by atoms with E-state index in [0.717, 1.165) is 49.4 Å². The number of imidazole rings is 1. The van der Waals surface area contributed by atoms with Gasteiger partial charge in [-0.3, -0.25) is 14.5 Å². The second-order valence-corrected chi connectivity index (χ2v) is 8.27. The smallest absolute Gasteiger partial charge is 0.228 e. The number of hydrogen-bond donors (Lipinski definition) is 0. The highest BCUT2D eigenvalue weighted by Gasteiger charge is 2.37. The van der Waals surface area contributed by atoms with Gasteiger partial charge in [0, 0.05) is 74.8 Å². The van der Waals surface area contributed by atoms with Gasteiger partial charge in [-0.15, -0.1) is 0 Å². The molecule has 2 amide bonds. The number of rotatable bonds is 5. The first-order valence-corrected chi connectivity index (χ1v) is 10.4. The molecule has 28 heavy (non-hydrogen) atoms. The molecule has 1 aromatic carbocycles. The van der Waals surface area contributed by atoms with E-state index in [2.05, 4.69) is 30.4 Å². The van der Waals surface area contributed by atoms with Crippen molar-refractivity contribution in [2.75, 3.05) is 44.2 Å². The maximum atomic E-state index is 12.9. The maximum Gasteiger partial charge on any atom is 0.228 e. The SMILES string of the molecule is O=C(C1CC(=O)N(c2cccc(Br)c2)C1)N1CCN(CCn2ccnc2)CC1. The molecule has 4 rings (SSSR count). The molecule has 0 bridgehead atoms. The molecule has 148 valence electrons. The highest BCUT2D eigenvalue weighted by molar-refractivity contribution is 9.10. The van der Waals surface area contributed by atoms with Gasteiger partial charge in [0.2, 0.25) is 11.8 Å². The lowest BCUT2D eigenvalue weighted by Crippen LogP contribution is -2.51. The lowest BCUT2D eigenvalue weighted by atomic mass is 10.1. The molecule has 2 saturated heterocycles. The van der Waals surface area contributed by atoms with Crippen molar-refractivity contribution in [2.24, 2.45) is 5.92 Å². The normalized spacial score (nSPS) is 20.8. The van der Waals surface area contributed by atoms with Crippen LogP contribution in [0.5, 0.6) is 0 Å². The number of nitrogens with zero attached hydrogens (tertiary/aromatic N) is 5. The monoisotopic (exact) mass is 445 g/mol. The fraction of sp³-hybridized carbons (Fsp3) is 0.450. The van der Waals surface area contributed by atoms with Crippen LogP contribution in [0.2, 0.25) is 0 Å². The third-order valence-electron chi connectivity index (χ3n) is 5.51. The first-order chi connectivity index (χ1) is 13.6. The molecule has 2 aliphatic rings. The van der Waals surface area contributed by atoms with E-state index in [-0.39, 0.29) is 17.7 Å². The topological polar surface area (TPSA) is 61.7 Å². The van der Waals surface area contributed by atoms with Crippen LogP contribution in [-0.4, -0.2) is 70.4 Å². The summed E-state index contributed by atoms with van der Waals surface area (Å²) in [6.07, 6.45) is 5.88. The Kier molecular flexibility index (Phi) is 5.77. The standard InChI is InChI=1S/C20H24BrN5O2/c21-17-2-1-3-18(13-17)26-14-16(12-19(26)27)20(28)25-10-8-23(9-11-25)6-7-24-5-4-22-15-24/h1-5,13,15-16H,6-12,14H2. The molecule has 3 heterocycles. The zero-order chi connectivity index (χ0) is 19.5. The Bertz CT molecular complexity index is 833. The van der Waals surface area contributed by atoms with Crippen LogP contribution in [0.25, 0.3) is 0 Å². The molecule has 1 atom stereocenters. The summed E-state index contributed by atoms with van der Waals surface area (Å²) in [5.41, 5.74) is 0.846. The molecule has 0 N–H and O–H groups in total. The van der Waals surface area contributed by atoms with Crippen molar-refractivity contribution in [3.63, 3.8) is 0 Å². The second-order valence-electron chi connectivity index (χ2n) is 7.35. The van der Waals surface area contributed by atoms with E-state index in [1.165, 1.54) is 0 Å². The maximum absolute atomic E-state index is 12.9. The van der Waals surface area contributed by atoms with E-state index in [1.807, 2.05) is 41.7 Å². The summed E-state index contributed by atoms with van der Waals surface area (Å²) in [7, 11) is 0. The summed E-state index contributed by atoms with van der Waals surface area (Å²) >= 11 is 3.44. The van der Waals surface area contributed by atoms with Gasteiger partial charge in [-0.05, 0) is 18.2 Å². The van der Waals surface area contributed by atoms with Gasteiger partial charge in [0.1, 0.15) is 0 Å². The molecule has 1 aromatic heterocycles. The van der Waals surface area contributed by atoms with Gasteiger partial charge in [0.15, 0.2) is 0 Å². The fourth-order valence-electron chi connectivity index (χ4n) is 3.89. The number of anilines is 1. The van der Waals surface area contributed by atoms with Gasteiger partial charge in [-0.2, -0.15) is 0 Å². The van der Waals surface area contributed by atoms with E-state index < -0.39 is 0 Å². The van der Waals surface area contributed by atoms with Crippen LogP contribution < -0.4 is 4.90 Å². The molecule has 0 radical (unpaired) electrons. The largest absolute Gasteiger partial charge is 0.340 e. The Morgan fingerprint density at radius 2 is 2.00 bits per heavy atom. The average molecular weight is 446 g/mol. The minimum atomic E-state index is -0.246. The van der Waals surface area contributed by atoms with Crippen molar-refractivity contribution < 1.29 is 9.59 Å². The summed E-state index contributed by atoms with van der Waals surface area (Å²) < 4.78 is 3.00. The van der Waals surface area contributed by atoms with Crippen molar-refractivity contribution >= 4 is 33.4 Å². The van der Waals surface area contributed by atoms with Gasteiger partial charge in [0.05, 0.1) is 12.2 Å². The number of hydrogen-bond acceptors (Lipinski definition) is 4. The molecule has 8 heteroatoms. The second kappa shape index (κ2) is 8.45. The Hall–Kier alpha value is -2.19. The van der Waals surface area contributed by atoms with Crippen molar-refractivity contribution in [3.8, 4) is 0 Å². The van der Waals surface area contributed by atoms with Crippen molar-refractivity contribution in [1.29, 1.82) is 0 Å². The van der Waals surface area contributed by atoms with E-state index >= 15 is 0 Å². The van der Waals surface area contributed by atoms with Gasteiger partial charge >= 0.3 is 0 Å². The molecule has 0 saturated carbocycles. The summed E-state index contributed by atoms with van der Waals surface area (Å²) in [6.45, 7) is 5.53. The van der Waals surface area contributed by atoms with Crippen LogP contribution >= 0.6 is 15.9 Å². The van der Waals surface area contributed by atoms with Crippen molar-refractivity contribution in [1.82, 2.24) is 19.4 Å². The quantitative estimate of drug-likeness (QED) is 0.704. The third kappa shape index (κ3) is 4.28. The first kappa shape index (κ1) is 19.1. The average Bonchev–Trinajstić information content (AvgIpc) is 3.36. The van der Waals surface area contributed by atoms with Crippen LogP contribution in [0, 0.1) is 5.92 Å². The number of halogens is 1. The zero-order valence-electron chi connectivity index (χ0n) is 15.7. The number of aromatic nitrogens is 2. The molecule has 0 aliphatic carbocycles. The molecule has 2 fully saturated rings. The van der Waals surface area contributed by atoms with Gasteiger partial charge in [0.25, 0.3) is 0 Å². The van der Waals surface area contributed by atoms with Crippen LogP contribution in [-0.2, 0) is 16.1 Å². The first-order valence-electron chi connectivity index (χ1n) is 9.63. The number of carbonyl (C=O) groups excluding carboxylic acids is 2. The van der Waals surface area contributed by atoms with Crippen molar-refractivity contribution in [2.45, 2.75) is 13.0 Å². The van der Waals surface area contributed by atoms with Crippen LogP contribution in [0.4, 0.5) is 5.69 Å². The van der Waals surface area contributed by atoms with E-state index in [9.17, 15) is 9.59 Å². The predicted octanol–water partition coefficient (Wildman–Crippen LogP) is 1.84. The Balaban J connectivity index is 1.29. The summed E-state index contributed by atoms with van der Waals surface area (Å²) in [5, 5.41) is 0. The zero-order valence-corrected chi connectivity index (χ0v) is 17.3.